The number of aliphatic imine (C=N–C) groups is 1. The van der Waals surface area contributed by atoms with E-state index in [-0.39, 0.29) is 35.5 Å². The molecule has 2 rings (SSSR count). The first kappa shape index (κ1) is 20.7. The second kappa shape index (κ2) is 9.83. The number of anilines is 1. The molecule has 134 valence electrons. The van der Waals surface area contributed by atoms with E-state index < -0.39 is 0 Å². The lowest BCUT2D eigenvalue weighted by molar-refractivity contribution is -0.114. The van der Waals surface area contributed by atoms with Gasteiger partial charge in [-0.05, 0) is 37.5 Å². The topological polar surface area (TPSA) is 74.8 Å². The minimum absolute atomic E-state index is 0. The monoisotopic (exact) mass is 446 g/mol. The maximum absolute atomic E-state index is 11.1. The fraction of sp³-hybridized carbons (Fsp3) is 0.529. The summed E-state index contributed by atoms with van der Waals surface area (Å²) in [6, 6.07) is 7.75. The van der Waals surface area contributed by atoms with Crippen LogP contribution in [0.1, 0.15) is 32.3 Å². The van der Waals surface area contributed by atoms with Gasteiger partial charge in [0, 0.05) is 39.4 Å². The van der Waals surface area contributed by atoms with E-state index in [1.807, 2.05) is 24.3 Å². The number of amides is 1. The summed E-state index contributed by atoms with van der Waals surface area (Å²) in [5.41, 5.74) is 1.76. The minimum atomic E-state index is -0.108. The molecule has 0 saturated carbocycles. The van der Waals surface area contributed by atoms with Crippen molar-refractivity contribution in [3.63, 3.8) is 0 Å². The van der Waals surface area contributed by atoms with Crippen molar-refractivity contribution >= 4 is 41.5 Å². The molecule has 1 amide bonds. The summed E-state index contributed by atoms with van der Waals surface area (Å²) in [5.74, 6) is 0.670. The molecular formula is C17H27IN4O2. The van der Waals surface area contributed by atoms with E-state index in [1.165, 1.54) is 6.92 Å². The van der Waals surface area contributed by atoms with Crippen molar-refractivity contribution in [3.05, 3.63) is 29.8 Å². The first-order valence-corrected chi connectivity index (χ1v) is 7.96. The van der Waals surface area contributed by atoms with Gasteiger partial charge < -0.3 is 20.7 Å². The average Bonchev–Trinajstić information content (AvgIpc) is 2.94. The number of ether oxygens (including phenoxy) is 1. The molecule has 24 heavy (non-hydrogen) atoms. The summed E-state index contributed by atoms with van der Waals surface area (Å²) in [6.07, 6.45) is 2.18. The van der Waals surface area contributed by atoms with Crippen LogP contribution in [-0.4, -0.2) is 37.7 Å². The number of guanidine groups is 1. The highest BCUT2D eigenvalue weighted by molar-refractivity contribution is 14.0. The summed E-state index contributed by atoms with van der Waals surface area (Å²) in [7, 11) is 1.75. The molecule has 7 heteroatoms. The Bertz CT molecular complexity index is 571. The molecule has 0 spiro atoms. The standard InChI is InChI=1S/C17H26N4O2.HI/c1-13(22)21-15-7-4-6-14(10-15)11-19-16(18-3)20-12-17(2)8-5-9-23-17;/h4,6-7,10H,5,8-9,11-12H2,1-3H3,(H,21,22)(H2,18,19,20);1H. The van der Waals surface area contributed by atoms with E-state index in [2.05, 4.69) is 27.9 Å². The Kier molecular flexibility index (Phi) is 8.47. The SMILES string of the molecule is CN=C(NCc1cccc(NC(C)=O)c1)NCC1(C)CCCO1.I. The summed E-state index contributed by atoms with van der Waals surface area (Å²) >= 11 is 0. The fourth-order valence-electron chi connectivity index (χ4n) is 2.62. The summed E-state index contributed by atoms with van der Waals surface area (Å²) in [5, 5.41) is 9.38. The molecule has 1 fully saturated rings. The molecule has 1 aromatic carbocycles. The summed E-state index contributed by atoms with van der Waals surface area (Å²) in [6.45, 7) is 5.82. The van der Waals surface area contributed by atoms with Crippen LogP contribution in [0.5, 0.6) is 0 Å². The Morgan fingerprint density at radius 2 is 2.17 bits per heavy atom. The van der Waals surface area contributed by atoms with Crippen LogP contribution in [0, 0.1) is 0 Å². The van der Waals surface area contributed by atoms with Crippen molar-refractivity contribution in [1.29, 1.82) is 0 Å². The minimum Gasteiger partial charge on any atom is -0.373 e. The highest BCUT2D eigenvalue weighted by atomic mass is 127. The zero-order chi connectivity index (χ0) is 16.7. The molecule has 1 unspecified atom stereocenters. The maximum atomic E-state index is 11.1. The first-order chi connectivity index (χ1) is 11.0. The Labute approximate surface area is 160 Å². The molecule has 1 heterocycles. The molecule has 6 nitrogen and oxygen atoms in total. The van der Waals surface area contributed by atoms with Crippen LogP contribution in [0.3, 0.4) is 0 Å². The van der Waals surface area contributed by atoms with Gasteiger partial charge in [-0.15, -0.1) is 24.0 Å². The van der Waals surface area contributed by atoms with Crippen LogP contribution >= 0.6 is 24.0 Å². The van der Waals surface area contributed by atoms with E-state index >= 15 is 0 Å². The van der Waals surface area contributed by atoms with Crippen molar-refractivity contribution in [1.82, 2.24) is 10.6 Å². The predicted molar refractivity (Wildman–Crippen MR) is 108 cm³/mol. The molecule has 0 radical (unpaired) electrons. The normalized spacial score (nSPS) is 20.2. The molecule has 1 saturated heterocycles. The van der Waals surface area contributed by atoms with Gasteiger partial charge in [0.15, 0.2) is 5.96 Å². The highest BCUT2D eigenvalue weighted by Crippen LogP contribution is 2.23. The molecule has 1 atom stereocenters. The smallest absolute Gasteiger partial charge is 0.221 e. The lowest BCUT2D eigenvalue weighted by atomic mass is 10.0. The van der Waals surface area contributed by atoms with Crippen molar-refractivity contribution in [3.8, 4) is 0 Å². The lowest BCUT2D eigenvalue weighted by Crippen LogP contribution is -2.45. The van der Waals surface area contributed by atoms with Gasteiger partial charge in [-0.3, -0.25) is 9.79 Å². The van der Waals surface area contributed by atoms with Gasteiger partial charge in [0.05, 0.1) is 5.60 Å². The molecule has 1 aliphatic rings. The van der Waals surface area contributed by atoms with Crippen LogP contribution in [0.4, 0.5) is 5.69 Å². The van der Waals surface area contributed by atoms with Crippen molar-refractivity contribution < 1.29 is 9.53 Å². The van der Waals surface area contributed by atoms with E-state index in [1.54, 1.807) is 7.05 Å². The number of nitrogens with one attached hydrogen (secondary N) is 3. The first-order valence-electron chi connectivity index (χ1n) is 7.96. The second-order valence-electron chi connectivity index (χ2n) is 6.06. The lowest BCUT2D eigenvalue weighted by Gasteiger charge is -2.24. The quantitative estimate of drug-likeness (QED) is 0.369. The van der Waals surface area contributed by atoms with Gasteiger partial charge >= 0.3 is 0 Å². The van der Waals surface area contributed by atoms with Gasteiger partial charge in [-0.25, -0.2) is 0 Å². The number of nitrogens with zero attached hydrogens (tertiary/aromatic N) is 1. The zero-order valence-electron chi connectivity index (χ0n) is 14.5. The van der Waals surface area contributed by atoms with Crippen LogP contribution in [0.25, 0.3) is 0 Å². The van der Waals surface area contributed by atoms with Gasteiger partial charge in [-0.2, -0.15) is 0 Å². The van der Waals surface area contributed by atoms with Crippen molar-refractivity contribution in [2.24, 2.45) is 4.99 Å². The maximum Gasteiger partial charge on any atom is 0.221 e. The molecule has 0 aromatic heterocycles. The highest BCUT2D eigenvalue weighted by Gasteiger charge is 2.29. The van der Waals surface area contributed by atoms with Crippen molar-refractivity contribution in [2.75, 3.05) is 25.5 Å². The van der Waals surface area contributed by atoms with Gasteiger partial charge in [0.25, 0.3) is 0 Å². The van der Waals surface area contributed by atoms with E-state index in [9.17, 15) is 4.79 Å². The number of rotatable bonds is 5. The summed E-state index contributed by atoms with van der Waals surface area (Å²) < 4.78 is 5.77. The zero-order valence-corrected chi connectivity index (χ0v) is 16.8. The van der Waals surface area contributed by atoms with Gasteiger partial charge in [0.1, 0.15) is 0 Å². The van der Waals surface area contributed by atoms with Crippen LogP contribution in [0.15, 0.2) is 29.3 Å². The Balaban J connectivity index is 0.00000288. The predicted octanol–water partition coefficient (Wildman–Crippen LogP) is 2.50. The molecule has 0 bridgehead atoms. The third kappa shape index (κ3) is 6.64. The Morgan fingerprint density at radius 1 is 1.38 bits per heavy atom. The number of benzene rings is 1. The van der Waals surface area contributed by atoms with Gasteiger partial charge in [-0.1, -0.05) is 12.1 Å². The number of hydrogen-bond acceptors (Lipinski definition) is 3. The van der Waals surface area contributed by atoms with E-state index in [0.29, 0.717) is 6.54 Å². The molecule has 1 aromatic rings. The molecular weight excluding hydrogens is 419 g/mol. The Hall–Kier alpha value is -1.35. The fourth-order valence-corrected chi connectivity index (χ4v) is 2.62. The van der Waals surface area contributed by atoms with E-state index in [0.717, 1.165) is 43.2 Å². The van der Waals surface area contributed by atoms with E-state index in [4.69, 9.17) is 4.74 Å². The third-order valence-electron chi connectivity index (χ3n) is 3.86. The largest absolute Gasteiger partial charge is 0.373 e. The van der Waals surface area contributed by atoms with Crippen LogP contribution < -0.4 is 16.0 Å². The number of carbonyl (C=O) groups is 1. The van der Waals surface area contributed by atoms with Crippen LogP contribution in [-0.2, 0) is 16.1 Å². The van der Waals surface area contributed by atoms with Crippen LogP contribution in [0.2, 0.25) is 0 Å². The Morgan fingerprint density at radius 3 is 2.79 bits per heavy atom. The number of carbonyl (C=O) groups excluding carboxylic acids is 1. The third-order valence-corrected chi connectivity index (χ3v) is 3.86. The second-order valence-corrected chi connectivity index (χ2v) is 6.06. The van der Waals surface area contributed by atoms with Crippen molar-refractivity contribution in [2.45, 2.75) is 38.8 Å². The number of hydrogen-bond donors (Lipinski definition) is 3. The van der Waals surface area contributed by atoms with Gasteiger partial charge in [0.2, 0.25) is 5.91 Å². The molecule has 1 aliphatic heterocycles. The molecule has 0 aliphatic carbocycles. The average molecular weight is 446 g/mol. The summed E-state index contributed by atoms with van der Waals surface area (Å²) in [4.78, 5) is 15.3. The molecule has 3 N–H and O–H groups in total. The number of halogens is 1.